The van der Waals surface area contributed by atoms with Gasteiger partial charge in [-0.25, -0.2) is 13.1 Å². The zero-order valence-electron chi connectivity index (χ0n) is 19.4. The minimum absolute atomic E-state index is 0.0552. The second kappa shape index (κ2) is 10.5. The summed E-state index contributed by atoms with van der Waals surface area (Å²) < 4.78 is 48.9. The molecule has 2 aromatic carbocycles. The molecule has 11 nitrogen and oxygen atoms in total. The summed E-state index contributed by atoms with van der Waals surface area (Å²) >= 11 is 0. The molecule has 182 valence electrons. The van der Waals surface area contributed by atoms with Gasteiger partial charge in [0.25, 0.3) is 5.91 Å². The summed E-state index contributed by atoms with van der Waals surface area (Å²) in [7, 11) is 0.445. The molecule has 0 aliphatic rings. The minimum Gasteiger partial charge on any atom is -0.496 e. The fourth-order valence-electron chi connectivity index (χ4n) is 3.03. The van der Waals surface area contributed by atoms with Gasteiger partial charge in [-0.05, 0) is 50.2 Å². The molecule has 3 rings (SSSR count). The lowest BCUT2D eigenvalue weighted by Gasteiger charge is -2.13. The third-order valence-corrected chi connectivity index (χ3v) is 6.07. The smallest absolute Gasteiger partial charge is 0.255 e. The monoisotopic (exact) mass is 490 g/mol. The summed E-state index contributed by atoms with van der Waals surface area (Å²) in [4.78, 5) is 16.6. The van der Waals surface area contributed by atoms with Gasteiger partial charge < -0.3 is 24.1 Å². The molecule has 0 atom stereocenters. The Balaban J connectivity index is 1.77. The maximum absolute atomic E-state index is 12.8. The van der Waals surface area contributed by atoms with Crippen LogP contribution in [0, 0.1) is 0 Å². The molecule has 0 radical (unpaired) electrons. The Morgan fingerprint density at radius 3 is 2.32 bits per heavy atom. The van der Waals surface area contributed by atoms with Crippen LogP contribution in [-0.2, 0) is 16.6 Å². The largest absolute Gasteiger partial charge is 0.496 e. The van der Waals surface area contributed by atoms with Gasteiger partial charge in [-0.3, -0.25) is 4.79 Å². The average molecular weight is 491 g/mol. The molecule has 0 unspecified atom stereocenters. The normalized spacial score (nSPS) is 11.4. The van der Waals surface area contributed by atoms with Crippen molar-refractivity contribution in [2.45, 2.75) is 31.3 Å². The number of sulfonamides is 1. The van der Waals surface area contributed by atoms with Crippen LogP contribution in [0.4, 0.5) is 0 Å². The molecule has 0 spiro atoms. The van der Waals surface area contributed by atoms with Crippen LogP contribution in [0.2, 0.25) is 0 Å². The molecule has 0 aliphatic heterocycles. The highest BCUT2D eigenvalue weighted by molar-refractivity contribution is 7.89. The van der Waals surface area contributed by atoms with Crippen LogP contribution >= 0.6 is 0 Å². The molecule has 34 heavy (non-hydrogen) atoms. The van der Waals surface area contributed by atoms with E-state index in [9.17, 15) is 13.2 Å². The summed E-state index contributed by atoms with van der Waals surface area (Å²) in [5.41, 5.74) is 0.707. The van der Waals surface area contributed by atoms with Crippen molar-refractivity contribution < 1.29 is 31.9 Å². The van der Waals surface area contributed by atoms with Crippen molar-refractivity contribution in [3.05, 3.63) is 47.9 Å². The number of rotatable bonds is 10. The standard InChI is InChI=1S/C22H26N4O7S/c1-13(2)24-22(27)16-11-15(7-9-17(16)30-3)34(28,29)23-12-20-25-21(26-33-20)14-6-8-18(31-4)19(10-14)32-5/h6-11,13,23H,12H2,1-5H3,(H,24,27). The summed E-state index contributed by atoms with van der Waals surface area (Å²) in [6.45, 7) is 3.35. The van der Waals surface area contributed by atoms with Gasteiger partial charge in [0, 0.05) is 11.6 Å². The fraction of sp³-hybridized carbons (Fsp3) is 0.318. The van der Waals surface area contributed by atoms with E-state index < -0.39 is 15.9 Å². The molecule has 0 saturated carbocycles. The Labute approximate surface area is 197 Å². The molecule has 1 aromatic heterocycles. The Kier molecular flexibility index (Phi) is 7.74. The first-order chi connectivity index (χ1) is 16.2. The quantitative estimate of drug-likeness (QED) is 0.438. The molecule has 0 fully saturated rings. The molecule has 1 heterocycles. The lowest BCUT2D eigenvalue weighted by molar-refractivity contribution is 0.0940. The molecular weight excluding hydrogens is 464 g/mol. The van der Waals surface area contributed by atoms with Gasteiger partial charge in [0.2, 0.25) is 21.7 Å². The Morgan fingerprint density at radius 2 is 1.68 bits per heavy atom. The minimum atomic E-state index is -3.99. The summed E-state index contributed by atoms with van der Waals surface area (Å²) in [5.74, 6) is 1.16. The van der Waals surface area contributed by atoms with E-state index in [1.54, 1.807) is 32.0 Å². The number of carbonyl (C=O) groups is 1. The summed E-state index contributed by atoms with van der Waals surface area (Å²) in [5, 5.41) is 6.61. The SMILES string of the molecule is COc1ccc(-c2noc(CNS(=O)(=O)c3ccc(OC)c(C(=O)NC(C)C)c3)n2)cc1OC. The third-order valence-electron chi connectivity index (χ3n) is 4.67. The van der Waals surface area contributed by atoms with Gasteiger partial charge in [0.1, 0.15) is 5.75 Å². The third kappa shape index (κ3) is 5.64. The van der Waals surface area contributed by atoms with E-state index in [-0.39, 0.29) is 40.5 Å². The van der Waals surface area contributed by atoms with Gasteiger partial charge in [0.15, 0.2) is 11.5 Å². The number of ether oxygens (including phenoxy) is 3. The van der Waals surface area contributed by atoms with E-state index >= 15 is 0 Å². The van der Waals surface area contributed by atoms with Gasteiger partial charge in [-0.1, -0.05) is 5.16 Å². The maximum Gasteiger partial charge on any atom is 0.255 e. The first kappa shape index (κ1) is 25.0. The van der Waals surface area contributed by atoms with Gasteiger partial charge in [-0.15, -0.1) is 0 Å². The number of nitrogens with one attached hydrogen (secondary N) is 2. The van der Waals surface area contributed by atoms with Gasteiger partial charge in [-0.2, -0.15) is 4.98 Å². The number of benzene rings is 2. The molecule has 0 bridgehead atoms. The summed E-state index contributed by atoms with van der Waals surface area (Å²) in [6, 6.07) is 8.99. The molecule has 3 aromatic rings. The van der Waals surface area contributed by atoms with Crippen LogP contribution in [0.15, 0.2) is 45.8 Å². The van der Waals surface area contributed by atoms with E-state index in [1.165, 1.54) is 39.5 Å². The first-order valence-electron chi connectivity index (χ1n) is 10.2. The number of aromatic nitrogens is 2. The second-order valence-electron chi connectivity index (χ2n) is 7.40. The average Bonchev–Trinajstić information content (AvgIpc) is 3.30. The fourth-order valence-corrected chi connectivity index (χ4v) is 4.03. The zero-order chi connectivity index (χ0) is 24.9. The molecule has 0 saturated heterocycles. The number of amides is 1. The highest BCUT2D eigenvalue weighted by Gasteiger charge is 2.21. The number of hydrogen-bond donors (Lipinski definition) is 2. The lowest BCUT2D eigenvalue weighted by Crippen LogP contribution is -2.31. The molecule has 1 amide bonds. The van der Waals surface area contributed by atoms with Gasteiger partial charge >= 0.3 is 0 Å². The number of nitrogens with zero attached hydrogens (tertiary/aromatic N) is 2. The van der Waals surface area contributed by atoms with Crippen molar-refractivity contribution in [3.8, 4) is 28.6 Å². The number of hydrogen-bond acceptors (Lipinski definition) is 9. The van der Waals surface area contributed by atoms with Crippen LogP contribution in [0.1, 0.15) is 30.1 Å². The van der Waals surface area contributed by atoms with E-state index in [4.69, 9.17) is 18.7 Å². The predicted octanol–water partition coefficient (Wildman–Crippen LogP) is 2.38. The highest BCUT2D eigenvalue weighted by atomic mass is 32.2. The highest BCUT2D eigenvalue weighted by Crippen LogP contribution is 2.31. The van der Waals surface area contributed by atoms with Crippen molar-refractivity contribution in [3.63, 3.8) is 0 Å². The van der Waals surface area contributed by atoms with Crippen LogP contribution in [0.25, 0.3) is 11.4 Å². The number of carbonyl (C=O) groups excluding carboxylic acids is 1. The van der Waals surface area contributed by atoms with Crippen LogP contribution in [0.5, 0.6) is 17.2 Å². The van der Waals surface area contributed by atoms with E-state index in [2.05, 4.69) is 20.2 Å². The van der Waals surface area contributed by atoms with E-state index in [1.807, 2.05) is 0 Å². The molecular formula is C22H26N4O7S. The topological polar surface area (TPSA) is 142 Å². The van der Waals surface area contributed by atoms with E-state index in [0.29, 0.717) is 17.1 Å². The van der Waals surface area contributed by atoms with Crippen LogP contribution < -0.4 is 24.2 Å². The van der Waals surface area contributed by atoms with Crippen molar-refractivity contribution in [2.75, 3.05) is 21.3 Å². The lowest BCUT2D eigenvalue weighted by atomic mass is 10.2. The predicted molar refractivity (Wildman–Crippen MR) is 122 cm³/mol. The summed E-state index contributed by atoms with van der Waals surface area (Å²) in [6.07, 6.45) is 0. The Bertz CT molecular complexity index is 1270. The Hall–Kier alpha value is -3.64. The van der Waals surface area contributed by atoms with Crippen molar-refractivity contribution in [1.82, 2.24) is 20.2 Å². The molecule has 12 heteroatoms. The van der Waals surface area contributed by atoms with Crippen molar-refractivity contribution in [2.24, 2.45) is 0 Å². The van der Waals surface area contributed by atoms with E-state index in [0.717, 1.165) is 0 Å². The van der Waals surface area contributed by atoms with Crippen molar-refractivity contribution >= 4 is 15.9 Å². The second-order valence-corrected chi connectivity index (χ2v) is 9.16. The maximum atomic E-state index is 12.8. The van der Waals surface area contributed by atoms with Gasteiger partial charge in [0.05, 0.1) is 38.3 Å². The first-order valence-corrected chi connectivity index (χ1v) is 11.7. The zero-order valence-corrected chi connectivity index (χ0v) is 20.2. The molecule has 0 aliphatic carbocycles. The van der Waals surface area contributed by atoms with Crippen LogP contribution in [0.3, 0.4) is 0 Å². The van der Waals surface area contributed by atoms with Crippen LogP contribution in [-0.4, -0.2) is 51.8 Å². The number of methoxy groups -OCH3 is 3. The van der Waals surface area contributed by atoms with Crippen molar-refractivity contribution in [1.29, 1.82) is 0 Å². The molecule has 2 N–H and O–H groups in total. The Morgan fingerprint density at radius 1 is 1.00 bits per heavy atom.